The van der Waals surface area contributed by atoms with Gasteiger partial charge in [-0.25, -0.2) is 9.98 Å². The van der Waals surface area contributed by atoms with Gasteiger partial charge in [0.2, 0.25) is 0 Å². The van der Waals surface area contributed by atoms with Crippen molar-refractivity contribution in [1.82, 2.24) is 20.9 Å². The largest absolute Gasteiger partial charge is 0.496 e. The summed E-state index contributed by atoms with van der Waals surface area (Å²) in [4.78, 5) is 37.4. The highest BCUT2D eigenvalue weighted by atomic mass is 16.5. The molecule has 2 aromatic carbocycles. The Labute approximate surface area is 243 Å². The number of rotatable bonds is 6. The van der Waals surface area contributed by atoms with Gasteiger partial charge in [0.1, 0.15) is 23.6 Å². The van der Waals surface area contributed by atoms with Crippen LogP contribution in [0.25, 0.3) is 0 Å². The SMILES string of the molecule is COc1ccccc1C(=O)NC[C@@H]1N=C(N)N2CC(NC(=O)c3cccc4c3OCCC4(C)C)[C@@H](O)C23NC(N)=NC13. The fourth-order valence-corrected chi connectivity index (χ4v) is 6.52. The minimum absolute atomic E-state index is 0.0727. The van der Waals surface area contributed by atoms with Crippen molar-refractivity contribution in [3.05, 3.63) is 59.2 Å². The Morgan fingerprint density at radius 1 is 1.14 bits per heavy atom. The third kappa shape index (κ3) is 4.26. The van der Waals surface area contributed by atoms with Gasteiger partial charge in [-0.15, -0.1) is 0 Å². The zero-order chi connectivity index (χ0) is 29.8. The number of methoxy groups -OCH3 is 1. The molecule has 0 aromatic heterocycles. The van der Waals surface area contributed by atoms with E-state index >= 15 is 0 Å². The third-order valence-corrected chi connectivity index (χ3v) is 8.76. The molecule has 0 saturated carbocycles. The maximum atomic E-state index is 13.6. The first-order valence-corrected chi connectivity index (χ1v) is 14.0. The van der Waals surface area contributed by atoms with Crippen molar-refractivity contribution < 1.29 is 24.2 Å². The van der Waals surface area contributed by atoms with E-state index in [-0.39, 0.29) is 42.2 Å². The van der Waals surface area contributed by atoms with Crippen LogP contribution >= 0.6 is 0 Å². The zero-order valence-corrected chi connectivity index (χ0v) is 23.8. The highest BCUT2D eigenvalue weighted by Crippen LogP contribution is 2.42. The number of benzene rings is 2. The highest BCUT2D eigenvalue weighted by Gasteiger charge is 2.65. The van der Waals surface area contributed by atoms with Gasteiger partial charge in [-0.2, -0.15) is 0 Å². The summed E-state index contributed by atoms with van der Waals surface area (Å²) < 4.78 is 11.2. The van der Waals surface area contributed by atoms with Crippen molar-refractivity contribution in [2.75, 3.05) is 26.8 Å². The third-order valence-electron chi connectivity index (χ3n) is 8.76. The number of hydrogen-bond donors (Lipinski definition) is 6. The first kappa shape index (κ1) is 27.6. The molecule has 42 heavy (non-hydrogen) atoms. The quantitative estimate of drug-likeness (QED) is 0.267. The molecule has 13 nitrogen and oxygen atoms in total. The average molecular weight is 577 g/mol. The maximum Gasteiger partial charge on any atom is 0.255 e. The van der Waals surface area contributed by atoms with E-state index in [1.807, 2.05) is 12.1 Å². The van der Waals surface area contributed by atoms with Crippen LogP contribution in [-0.4, -0.2) is 90.4 Å². The summed E-state index contributed by atoms with van der Waals surface area (Å²) >= 11 is 0. The first-order chi connectivity index (χ1) is 20.1. The fraction of sp³-hybridized carbons (Fsp3) is 0.448. The molecule has 2 amide bonds. The highest BCUT2D eigenvalue weighted by molar-refractivity contribution is 5.98. The van der Waals surface area contributed by atoms with E-state index in [2.05, 4.69) is 39.8 Å². The second-order valence-corrected chi connectivity index (χ2v) is 11.7. The monoisotopic (exact) mass is 576 g/mol. The molecule has 1 saturated heterocycles. The van der Waals surface area contributed by atoms with Crippen LogP contribution in [0, 0.1) is 0 Å². The lowest BCUT2D eigenvalue weighted by molar-refractivity contribution is 0.0143. The molecule has 6 rings (SSSR count). The van der Waals surface area contributed by atoms with E-state index < -0.39 is 29.9 Å². The van der Waals surface area contributed by atoms with E-state index in [1.54, 1.807) is 35.2 Å². The summed E-state index contributed by atoms with van der Waals surface area (Å²) in [6.07, 6.45) is -0.327. The van der Waals surface area contributed by atoms with E-state index in [1.165, 1.54) is 7.11 Å². The Morgan fingerprint density at radius 3 is 2.69 bits per heavy atom. The van der Waals surface area contributed by atoms with Gasteiger partial charge in [-0.05, 0) is 30.0 Å². The number of nitrogens with zero attached hydrogens (tertiary/aromatic N) is 3. The minimum Gasteiger partial charge on any atom is -0.496 e. The molecular formula is C29H36N8O5. The van der Waals surface area contributed by atoms with Gasteiger partial charge >= 0.3 is 0 Å². The van der Waals surface area contributed by atoms with Crippen molar-refractivity contribution in [1.29, 1.82) is 0 Å². The Morgan fingerprint density at radius 2 is 1.90 bits per heavy atom. The Bertz CT molecular complexity index is 1490. The van der Waals surface area contributed by atoms with E-state index in [4.69, 9.17) is 20.9 Å². The molecule has 2 aromatic rings. The van der Waals surface area contributed by atoms with Crippen molar-refractivity contribution in [3.63, 3.8) is 0 Å². The van der Waals surface area contributed by atoms with Gasteiger partial charge in [-0.1, -0.05) is 38.1 Å². The fourth-order valence-electron chi connectivity index (χ4n) is 6.52. The van der Waals surface area contributed by atoms with Crippen LogP contribution < -0.4 is 36.9 Å². The van der Waals surface area contributed by atoms with Gasteiger partial charge in [0.05, 0.1) is 36.9 Å². The number of amides is 2. The molecule has 1 fully saturated rings. The normalized spacial score (nSPS) is 28.6. The van der Waals surface area contributed by atoms with Crippen molar-refractivity contribution in [2.24, 2.45) is 21.5 Å². The number of carbonyl (C=O) groups excluding carboxylic acids is 2. The minimum atomic E-state index is -1.26. The number of nitrogens with two attached hydrogens (primary N) is 2. The van der Waals surface area contributed by atoms with Crippen molar-refractivity contribution in [3.8, 4) is 11.5 Å². The van der Waals surface area contributed by atoms with Gasteiger partial charge in [0, 0.05) is 18.7 Å². The van der Waals surface area contributed by atoms with Gasteiger partial charge < -0.3 is 46.9 Å². The summed E-state index contributed by atoms with van der Waals surface area (Å²) in [7, 11) is 1.50. The molecule has 13 heteroatoms. The number of aliphatic imine (C=N–C) groups is 2. The predicted octanol–water partition coefficient (Wildman–Crippen LogP) is -0.360. The van der Waals surface area contributed by atoms with Crippen LogP contribution in [0.15, 0.2) is 52.4 Å². The lowest BCUT2D eigenvalue weighted by Crippen LogP contribution is -2.73. The Balaban J connectivity index is 1.23. The number of hydrogen-bond acceptors (Lipinski definition) is 11. The van der Waals surface area contributed by atoms with E-state index in [9.17, 15) is 14.7 Å². The number of carbonyl (C=O) groups is 2. The first-order valence-electron chi connectivity index (χ1n) is 14.0. The van der Waals surface area contributed by atoms with Crippen LogP contribution in [0.2, 0.25) is 0 Å². The smallest absolute Gasteiger partial charge is 0.255 e. The number of aliphatic hydroxyl groups excluding tert-OH is 1. The van der Waals surface area contributed by atoms with Gasteiger partial charge in [-0.3, -0.25) is 9.59 Å². The second kappa shape index (κ2) is 10.1. The summed E-state index contributed by atoms with van der Waals surface area (Å²) in [5, 5.41) is 20.7. The zero-order valence-electron chi connectivity index (χ0n) is 23.8. The van der Waals surface area contributed by atoms with Crippen LogP contribution in [-0.2, 0) is 5.41 Å². The standard InChI is InChI=1S/C29H36N8O5/c1-28(2)11-12-42-21-16(8-6-9-17(21)28)25(40)33-19-14-37-27(31)34-18(22-29(37,23(19)38)36-26(30)35-22)13-32-24(39)15-7-4-5-10-20(15)41-3/h4-10,18-19,22-23,38H,11-14H2,1-3H3,(H2,31,34)(H,32,39)(H,33,40)(H3,30,35,36)/t18-,19?,22?,23+,29?/m0/s1. The number of guanidine groups is 2. The van der Waals surface area contributed by atoms with Crippen LogP contribution in [0.5, 0.6) is 11.5 Å². The topological polar surface area (TPSA) is 189 Å². The number of ether oxygens (including phenoxy) is 2. The Hall–Kier alpha value is -4.52. The molecule has 3 unspecified atom stereocenters. The molecule has 1 spiro atoms. The summed E-state index contributed by atoms with van der Waals surface area (Å²) in [5.41, 5.74) is 12.9. The molecule has 0 bridgehead atoms. The molecule has 8 N–H and O–H groups in total. The molecular weight excluding hydrogens is 540 g/mol. The average Bonchev–Trinajstić information content (AvgIpc) is 3.47. The lowest BCUT2D eigenvalue weighted by Gasteiger charge is -2.46. The van der Waals surface area contributed by atoms with E-state index in [0.717, 1.165) is 12.0 Å². The molecule has 0 aliphatic carbocycles. The molecule has 4 heterocycles. The van der Waals surface area contributed by atoms with Gasteiger partial charge in [0.15, 0.2) is 17.6 Å². The van der Waals surface area contributed by atoms with Crippen molar-refractivity contribution in [2.45, 2.75) is 55.6 Å². The van der Waals surface area contributed by atoms with Crippen molar-refractivity contribution >= 4 is 23.7 Å². The summed E-state index contributed by atoms with van der Waals surface area (Å²) in [6.45, 7) is 5.00. The number of nitrogens with one attached hydrogen (secondary N) is 3. The molecule has 4 aliphatic heterocycles. The van der Waals surface area contributed by atoms with Gasteiger partial charge in [0.25, 0.3) is 11.8 Å². The van der Waals surface area contributed by atoms with Crippen LogP contribution in [0.3, 0.4) is 0 Å². The summed E-state index contributed by atoms with van der Waals surface area (Å²) in [5.74, 6) is 0.519. The Kier molecular flexibility index (Phi) is 6.64. The molecule has 222 valence electrons. The van der Waals surface area contributed by atoms with Crippen LogP contribution in [0.4, 0.5) is 0 Å². The molecule has 0 radical (unpaired) electrons. The second-order valence-electron chi connectivity index (χ2n) is 11.7. The van der Waals surface area contributed by atoms with Crippen LogP contribution in [0.1, 0.15) is 46.5 Å². The lowest BCUT2D eigenvalue weighted by atomic mass is 9.79. The number of para-hydroxylation sites is 2. The number of fused-ring (bicyclic) bond motifs is 1. The number of aliphatic hydroxyl groups is 1. The summed E-state index contributed by atoms with van der Waals surface area (Å²) in [6, 6.07) is 10.3. The molecule has 5 atom stereocenters. The maximum absolute atomic E-state index is 13.6. The predicted molar refractivity (Wildman–Crippen MR) is 156 cm³/mol. The molecule has 4 aliphatic rings. The van der Waals surface area contributed by atoms with E-state index in [0.29, 0.717) is 29.2 Å².